The van der Waals surface area contributed by atoms with Crippen molar-refractivity contribution in [1.29, 1.82) is 0 Å². The first-order valence-electron chi connectivity index (χ1n) is 12.2. The molecular weight excluding hydrogens is 398 g/mol. The summed E-state index contributed by atoms with van der Waals surface area (Å²) in [5.41, 5.74) is 3.96. The Labute approximate surface area is 191 Å². The SMILES string of the molecule is CCc1ccc(NC(=O)N2CCC[C@H](c3cccc(C(=O)NC4CCCCC4)c3)C2)cc1. The molecule has 0 aromatic heterocycles. The summed E-state index contributed by atoms with van der Waals surface area (Å²) in [4.78, 5) is 27.5. The third-order valence-electron chi connectivity index (χ3n) is 6.88. The van der Waals surface area contributed by atoms with Crippen LogP contribution in [0.3, 0.4) is 0 Å². The van der Waals surface area contributed by atoms with Gasteiger partial charge < -0.3 is 15.5 Å². The second kappa shape index (κ2) is 10.7. The molecule has 2 aromatic carbocycles. The van der Waals surface area contributed by atoms with Gasteiger partial charge in [-0.15, -0.1) is 0 Å². The van der Waals surface area contributed by atoms with E-state index in [1.54, 1.807) is 0 Å². The van der Waals surface area contributed by atoms with Gasteiger partial charge in [0.15, 0.2) is 0 Å². The molecule has 2 fully saturated rings. The van der Waals surface area contributed by atoms with Crippen molar-refractivity contribution in [2.24, 2.45) is 0 Å². The lowest BCUT2D eigenvalue weighted by Gasteiger charge is -2.33. The van der Waals surface area contributed by atoms with Crippen molar-refractivity contribution in [2.75, 3.05) is 18.4 Å². The first-order valence-corrected chi connectivity index (χ1v) is 12.2. The van der Waals surface area contributed by atoms with Gasteiger partial charge in [0.05, 0.1) is 0 Å². The molecule has 5 heteroatoms. The molecule has 2 aromatic rings. The number of likely N-dealkylation sites (tertiary alicyclic amines) is 1. The van der Waals surface area contributed by atoms with E-state index in [9.17, 15) is 9.59 Å². The van der Waals surface area contributed by atoms with Crippen LogP contribution in [0, 0.1) is 0 Å². The van der Waals surface area contributed by atoms with Crippen LogP contribution in [-0.4, -0.2) is 36.0 Å². The van der Waals surface area contributed by atoms with Crippen molar-refractivity contribution in [2.45, 2.75) is 70.3 Å². The van der Waals surface area contributed by atoms with Gasteiger partial charge in [0.25, 0.3) is 5.91 Å². The fraction of sp³-hybridized carbons (Fsp3) is 0.481. The number of hydrogen-bond donors (Lipinski definition) is 2. The minimum atomic E-state index is -0.0508. The molecule has 170 valence electrons. The summed E-state index contributed by atoms with van der Waals surface area (Å²) in [7, 11) is 0. The average molecular weight is 434 g/mol. The predicted molar refractivity (Wildman–Crippen MR) is 129 cm³/mol. The smallest absolute Gasteiger partial charge is 0.321 e. The topological polar surface area (TPSA) is 61.4 Å². The molecule has 0 radical (unpaired) electrons. The Hall–Kier alpha value is -2.82. The molecule has 32 heavy (non-hydrogen) atoms. The zero-order valence-corrected chi connectivity index (χ0v) is 19.1. The molecule has 0 unspecified atom stereocenters. The number of hydrogen-bond acceptors (Lipinski definition) is 2. The summed E-state index contributed by atoms with van der Waals surface area (Å²) in [6, 6.07) is 16.3. The van der Waals surface area contributed by atoms with E-state index < -0.39 is 0 Å². The number of rotatable bonds is 5. The number of amides is 3. The van der Waals surface area contributed by atoms with Crippen molar-refractivity contribution in [1.82, 2.24) is 10.2 Å². The van der Waals surface area contributed by atoms with Crippen LogP contribution in [0.25, 0.3) is 0 Å². The second-order valence-corrected chi connectivity index (χ2v) is 9.20. The molecule has 3 amide bonds. The van der Waals surface area contributed by atoms with Crippen molar-refractivity contribution < 1.29 is 9.59 Å². The normalized spacial score (nSPS) is 19.4. The third kappa shape index (κ3) is 5.70. The fourth-order valence-corrected chi connectivity index (χ4v) is 4.91. The molecule has 0 bridgehead atoms. The van der Waals surface area contributed by atoms with Crippen LogP contribution in [-0.2, 0) is 6.42 Å². The monoisotopic (exact) mass is 433 g/mol. The Kier molecular flexibility index (Phi) is 7.46. The highest BCUT2D eigenvalue weighted by Crippen LogP contribution is 2.28. The van der Waals surface area contributed by atoms with Crippen molar-refractivity contribution in [3.05, 3.63) is 65.2 Å². The van der Waals surface area contributed by atoms with Crippen LogP contribution in [0.5, 0.6) is 0 Å². The number of urea groups is 1. The van der Waals surface area contributed by atoms with Gasteiger partial charge in [-0.1, -0.05) is 50.5 Å². The highest BCUT2D eigenvalue weighted by atomic mass is 16.2. The zero-order valence-electron chi connectivity index (χ0n) is 19.1. The van der Waals surface area contributed by atoms with E-state index >= 15 is 0 Å². The van der Waals surface area contributed by atoms with E-state index in [2.05, 4.69) is 35.8 Å². The highest BCUT2D eigenvalue weighted by molar-refractivity contribution is 5.94. The molecule has 1 saturated carbocycles. The number of carbonyl (C=O) groups excluding carboxylic acids is 2. The van der Waals surface area contributed by atoms with Gasteiger partial charge in [-0.3, -0.25) is 4.79 Å². The maximum absolute atomic E-state index is 12.8. The minimum absolute atomic E-state index is 0.0275. The number of benzene rings is 2. The van der Waals surface area contributed by atoms with Gasteiger partial charge in [-0.25, -0.2) is 4.79 Å². The number of anilines is 1. The van der Waals surface area contributed by atoms with E-state index in [1.807, 2.05) is 35.2 Å². The van der Waals surface area contributed by atoms with E-state index in [1.165, 1.54) is 24.8 Å². The predicted octanol–water partition coefficient (Wildman–Crippen LogP) is 5.72. The molecule has 1 aliphatic carbocycles. The minimum Gasteiger partial charge on any atom is -0.349 e. The van der Waals surface area contributed by atoms with Gasteiger partial charge in [-0.2, -0.15) is 0 Å². The van der Waals surface area contributed by atoms with Crippen molar-refractivity contribution in [3.8, 4) is 0 Å². The molecule has 1 heterocycles. The average Bonchev–Trinajstić information content (AvgIpc) is 2.85. The van der Waals surface area contributed by atoms with Crippen LogP contribution >= 0.6 is 0 Å². The molecule has 1 atom stereocenters. The number of carbonyl (C=O) groups is 2. The number of aryl methyl sites for hydroxylation is 1. The fourth-order valence-electron chi connectivity index (χ4n) is 4.91. The van der Waals surface area contributed by atoms with E-state index in [0.717, 1.165) is 55.5 Å². The molecule has 2 aliphatic rings. The van der Waals surface area contributed by atoms with E-state index in [0.29, 0.717) is 12.6 Å². The lowest BCUT2D eigenvalue weighted by atomic mass is 9.89. The Morgan fingerprint density at radius 2 is 1.75 bits per heavy atom. The van der Waals surface area contributed by atoms with Gasteiger partial charge in [0.2, 0.25) is 0 Å². The summed E-state index contributed by atoms with van der Waals surface area (Å²) in [5.74, 6) is 0.277. The lowest BCUT2D eigenvalue weighted by molar-refractivity contribution is 0.0927. The third-order valence-corrected chi connectivity index (χ3v) is 6.88. The Morgan fingerprint density at radius 3 is 2.50 bits per heavy atom. The first-order chi connectivity index (χ1) is 15.6. The standard InChI is InChI=1S/C27H35N3O2/c1-2-20-13-15-25(16-14-20)29-27(32)30-17-7-10-23(19-30)21-8-6-9-22(18-21)26(31)28-24-11-4-3-5-12-24/h6,8-9,13-16,18,23-24H,2-5,7,10-12,17,19H2,1H3,(H,28,31)(H,29,32)/t23-/m0/s1. The number of piperidine rings is 1. The molecular formula is C27H35N3O2. The summed E-state index contributed by atoms with van der Waals surface area (Å²) >= 11 is 0. The second-order valence-electron chi connectivity index (χ2n) is 9.20. The summed E-state index contributed by atoms with van der Waals surface area (Å²) < 4.78 is 0. The van der Waals surface area contributed by atoms with Crippen molar-refractivity contribution >= 4 is 17.6 Å². The van der Waals surface area contributed by atoms with Gasteiger partial charge in [0, 0.05) is 36.3 Å². The molecule has 1 saturated heterocycles. The van der Waals surface area contributed by atoms with Crippen LogP contribution in [0.4, 0.5) is 10.5 Å². The Morgan fingerprint density at radius 1 is 0.969 bits per heavy atom. The molecule has 1 aliphatic heterocycles. The molecule has 5 nitrogen and oxygen atoms in total. The van der Waals surface area contributed by atoms with Crippen LogP contribution < -0.4 is 10.6 Å². The first kappa shape index (κ1) is 22.4. The van der Waals surface area contributed by atoms with E-state index in [-0.39, 0.29) is 17.9 Å². The highest BCUT2D eigenvalue weighted by Gasteiger charge is 2.25. The Balaban J connectivity index is 1.37. The zero-order chi connectivity index (χ0) is 22.3. The molecule has 0 spiro atoms. The van der Waals surface area contributed by atoms with E-state index in [4.69, 9.17) is 0 Å². The van der Waals surface area contributed by atoms with Gasteiger partial charge in [-0.05, 0) is 67.5 Å². The summed E-state index contributed by atoms with van der Waals surface area (Å²) in [5, 5.41) is 6.25. The van der Waals surface area contributed by atoms with Gasteiger partial charge in [0.1, 0.15) is 0 Å². The summed E-state index contributed by atoms with van der Waals surface area (Å²) in [6.45, 7) is 3.56. The number of nitrogens with zero attached hydrogens (tertiary/aromatic N) is 1. The lowest BCUT2D eigenvalue weighted by Crippen LogP contribution is -2.41. The summed E-state index contributed by atoms with van der Waals surface area (Å²) in [6.07, 6.45) is 8.82. The maximum atomic E-state index is 12.8. The van der Waals surface area contributed by atoms with Crippen LogP contribution in [0.15, 0.2) is 48.5 Å². The Bertz CT molecular complexity index is 919. The number of nitrogens with one attached hydrogen (secondary N) is 2. The van der Waals surface area contributed by atoms with Gasteiger partial charge >= 0.3 is 6.03 Å². The van der Waals surface area contributed by atoms with Crippen LogP contribution in [0.2, 0.25) is 0 Å². The molecule has 2 N–H and O–H groups in total. The quantitative estimate of drug-likeness (QED) is 0.633. The van der Waals surface area contributed by atoms with Crippen molar-refractivity contribution in [3.63, 3.8) is 0 Å². The largest absolute Gasteiger partial charge is 0.349 e. The van der Waals surface area contributed by atoms with Crippen LogP contribution in [0.1, 0.15) is 79.3 Å². The molecule has 4 rings (SSSR count). The maximum Gasteiger partial charge on any atom is 0.321 e.